The molecule has 1 aliphatic rings. The highest BCUT2D eigenvalue weighted by molar-refractivity contribution is 5.24. The average Bonchev–Trinajstić information content (AvgIpc) is 2.71. The van der Waals surface area contributed by atoms with Crippen molar-refractivity contribution >= 4 is 0 Å². The lowest BCUT2D eigenvalue weighted by molar-refractivity contribution is 0.331. The van der Waals surface area contributed by atoms with E-state index in [9.17, 15) is 0 Å². The zero-order chi connectivity index (χ0) is 10.8. The number of aromatic amines is 1. The number of rotatable bonds is 2. The first-order valence-electron chi connectivity index (χ1n) is 5.98. The Kier molecular flexibility index (Phi) is 2.99. The molecule has 0 radical (unpaired) electrons. The maximum Gasteiger partial charge on any atom is 0.0219 e. The van der Waals surface area contributed by atoms with E-state index in [4.69, 9.17) is 0 Å². The van der Waals surface area contributed by atoms with Crippen molar-refractivity contribution in [3.8, 4) is 0 Å². The molecule has 0 spiro atoms. The van der Waals surface area contributed by atoms with Crippen LogP contribution in [0.2, 0.25) is 0 Å². The van der Waals surface area contributed by atoms with Crippen molar-refractivity contribution in [3.63, 3.8) is 0 Å². The van der Waals surface area contributed by atoms with Crippen LogP contribution in [-0.4, -0.2) is 4.98 Å². The van der Waals surface area contributed by atoms with E-state index in [1.54, 1.807) is 0 Å². The lowest BCUT2D eigenvalue weighted by Gasteiger charge is -2.30. The number of nitrogens with one attached hydrogen (secondary N) is 1. The van der Waals surface area contributed by atoms with Gasteiger partial charge < -0.3 is 4.98 Å². The van der Waals surface area contributed by atoms with E-state index in [2.05, 4.69) is 44.0 Å². The number of aromatic nitrogens is 1. The maximum absolute atomic E-state index is 3.36. The fourth-order valence-electron chi connectivity index (χ4n) is 2.54. The lowest BCUT2D eigenvalue weighted by atomic mass is 9.75. The first kappa shape index (κ1) is 10.5. The fourth-order valence-corrected chi connectivity index (χ4v) is 2.54. The predicted molar refractivity (Wildman–Crippen MR) is 64.9 cm³/mol. The lowest BCUT2D eigenvalue weighted by Crippen LogP contribution is -2.18. The summed E-state index contributed by atoms with van der Waals surface area (Å²) in [6, 6.07) is 4.31. The second-order valence-corrected chi connectivity index (χ2v) is 5.10. The first-order chi connectivity index (χ1) is 7.18. The highest BCUT2D eigenvalue weighted by Gasteiger charge is 2.25. The van der Waals surface area contributed by atoms with Crippen LogP contribution < -0.4 is 0 Å². The fraction of sp³-hybridized carbons (Fsp3) is 0.571. The summed E-state index contributed by atoms with van der Waals surface area (Å²) in [6.07, 6.45) is 7.03. The number of hydrogen-bond donors (Lipinski definition) is 1. The Morgan fingerprint density at radius 3 is 2.80 bits per heavy atom. The topological polar surface area (TPSA) is 15.8 Å². The summed E-state index contributed by atoms with van der Waals surface area (Å²) in [6.45, 7) is 6.94. The molecule has 0 fully saturated rings. The highest BCUT2D eigenvalue weighted by atomic mass is 14.7. The SMILES string of the molecule is CC1=CC[C@@H](C(C)C)C[C@@H]1c1ccc[nH]1. The summed E-state index contributed by atoms with van der Waals surface area (Å²) >= 11 is 0. The Balaban J connectivity index is 2.18. The quantitative estimate of drug-likeness (QED) is 0.696. The average molecular weight is 203 g/mol. The molecule has 0 aliphatic heterocycles. The standard InChI is InChI=1S/C14H21N/c1-10(2)12-7-6-11(3)13(9-12)14-5-4-8-15-14/h4-6,8,10,12-13,15H,7,9H2,1-3H3/t12-,13+/m1/s1. The molecular weight excluding hydrogens is 182 g/mol. The van der Waals surface area contributed by atoms with Gasteiger partial charge in [0, 0.05) is 17.8 Å². The van der Waals surface area contributed by atoms with Crippen LogP contribution in [-0.2, 0) is 0 Å². The van der Waals surface area contributed by atoms with Gasteiger partial charge in [-0.15, -0.1) is 0 Å². The van der Waals surface area contributed by atoms with Crippen molar-refractivity contribution in [1.29, 1.82) is 0 Å². The van der Waals surface area contributed by atoms with Crippen molar-refractivity contribution in [1.82, 2.24) is 4.98 Å². The summed E-state index contributed by atoms with van der Waals surface area (Å²) in [5, 5.41) is 0. The van der Waals surface area contributed by atoms with Gasteiger partial charge in [-0.25, -0.2) is 0 Å². The van der Waals surface area contributed by atoms with Gasteiger partial charge in [-0.2, -0.15) is 0 Å². The van der Waals surface area contributed by atoms with E-state index in [0.717, 1.165) is 11.8 Å². The molecule has 2 atom stereocenters. The molecule has 1 nitrogen and oxygen atoms in total. The molecule has 0 saturated heterocycles. The molecule has 1 heteroatoms. The monoisotopic (exact) mass is 203 g/mol. The van der Waals surface area contributed by atoms with Crippen LogP contribution in [0.15, 0.2) is 30.0 Å². The van der Waals surface area contributed by atoms with E-state index in [1.807, 2.05) is 6.20 Å². The molecule has 82 valence electrons. The molecule has 1 aromatic heterocycles. The summed E-state index contributed by atoms with van der Waals surface area (Å²) in [5.74, 6) is 2.27. The number of hydrogen-bond acceptors (Lipinski definition) is 0. The van der Waals surface area contributed by atoms with Gasteiger partial charge in [0.25, 0.3) is 0 Å². The third kappa shape index (κ3) is 2.17. The number of allylic oxidation sites excluding steroid dienone is 2. The molecule has 1 heterocycles. The van der Waals surface area contributed by atoms with Gasteiger partial charge in [0.2, 0.25) is 0 Å². The van der Waals surface area contributed by atoms with Crippen molar-refractivity contribution in [2.24, 2.45) is 11.8 Å². The molecule has 2 rings (SSSR count). The van der Waals surface area contributed by atoms with Gasteiger partial charge in [0.1, 0.15) is 0 Å². The smallest absolute Gasteiger partial charge is 0.0219 e. The van der Waals surface area contributed by atoms with Crippen molar-refractivity contribution < 1.29 is 0 Å². The van der Waals surface area contributed by atoms with Gasteiger partial charge in [-0.3, -0.25) is 0 Å². The summed E-state index contributed by atoms with van der Waals surface area (Å²) < 4.78 is 0. The Morgan fingerprint density at radius 2 is 2.20 bits per heavy atom. The van der Waals surface area contributed by atoms with Crippen LogP contribution in [0, 0.1) is 11.8 Å². The minimum atomic E-state index is 0.626. The summed E-state index contributed by atoms with van der Waals surface area (Å²) in [7, 11) is 0. The first-order valence-corrected chi connectivity index (χ1v) is 5.98. The summed E-state index contributed by atoms with van der Waals surface area (Å²) in [5.41, 5.74) is 2.92. The molecular formula is C14H21N. The molecule has 1 aromatic rings. The number of H-pyrrole nitrogens is 1. The Hall–Kier alpha value is -0.980. The predicted octanol–water partition coefficient (Wildman–Crippen LogP) is 4.11. The Bertz CT molecular complexity index is 332. The van der Waals surface area contributed by atoms with Gasteiger partial charge in [0.05, 0.1) is 0 Å². The van der Waals surface area contributed by atoms with Crippen molar-refractivity contribution in [3.05, 3.63) is 35.7 Å². The van der Waals surface area contributed by atoms with Crippen LogP contribution in [0.4, 0.5) is 0 Å². The second kappa shape index (κ2) is 4.26. The van der Waals surface area contributed by atoms with Crippen LogP contribution in [0.25, 0.3) is 0 Å². The zero-order valence-electron chi connectivity index (χ0n) is 9.96. The van der Waals surface area contributed by atoms with Crippen LogP contribution in [0.1, 0.15) is 45.2 Å². The minimum Gasteiger partial charge on any atom is -0.364 e. The molecule has 0 unspecified atom stereocenters. The molecule has 1 aliphatic carbocycles. The molecule has 15 heavy (non-hydrogen) atoms. The second-order valence-electron chi connectivity index (χ2n) is 5.10. The Morgan fingerprint density at radius 1 is 1.40 bits per heavy atom. The highest BCUT2D eigenvalue weighted by Crippen LogP contribution is 2.38. The van der Waals surface area contributed by atoms with E-state index in [0.29, 0.717) is 5.92 Å². The molecule has 1 N–H and O–H groups in total. The molecule has 0 saturated carbocycles. The van der Waals surface area contributed by atoms with Gasteiger partial charge in [-0.05, 0) is 43.7 Å². The van der Waals surface area contributed by atoms with Crippen LogP contribution in [0.3, 0.4) is 0 Å². The molecule has 0 bridgehead atoms. The summed E-state index contributed by atoms with van der Waals surface area (Å²) in [4.78, 5) is 3.36. The van der Waals surface area contributed by atoms with E-state index < -0.39 is 0 Å². The van der Waals surface area contributed by atoms with Crippen molar-refractivity contribution in [2.45, 2.75) is 39.5 Å². The van der Waals surface area contributed by atoms with E-state index in [1.165, 1.54) is 24.1 Å². The zero-order valence-corrected chi connectivity index (χ0v) is 9.96. The largest absolute Gasteiger partial charge is 0.364 e. The van der Waals surface area contributed by atoms with E-state index >= 15 is 0 Å². The normalized spacial score (nSPS) is 26.8. The third-order valence-electron chi connectivity index (χ3n) is 3.77. The molecule has 0 aromatic carbocycles. The minimum absolute atomic E-state index is 0.626. The van der Waals surface area contributed by atoms with Gasteiger partial charge in [-0.1, -0.05) is 25.5 Å². The van der Waals surface area contributed by atoms with E-state index in [-0.39, 0.29) is 0 Å². The van der Waals surface area contributed by atoms with Gasteiger partial charge >= 0.3 is 0 Å². The third-order valence-corrected chi connectivity index (χ3v) is 3.77. The molecule has 0 amide bonds. The van der Waals surface area contributed by atoms with Crippen LogP contribution >= 0.6 is 0 Å². The Labute approximate surface area is 92.6 Å². The van der Waals surface area contributed by atoms with Crippen molar-refractivity contribution in [2.75, 3.05) is 0 Å². The van der Waals surface area contributed by atoms with Crippen LogP contribution in [0.5, 0.6) is 0 Å². The van der Waals surface area contributed by atoms with Gasteiger partial charge in [0.15, 0.2) is 0 Å². The maximum atomic E-state index is 3.36.